The van der Waals surface area contributed by atoms with E-state index in [1.165, 1.54) is 11.3 Å². The highest BCUT2D eigenvalue weighted by atomic mass is 32.1. The molecule has 0 spiro atoms. The van der Waals surface area contributed by atoms with E-state index in [1.54, 1.807) is 26.1 Å². The lowest BCUT2D eigenvalue weighted by Crippen LogP contribution is -2.40. The molecule has 0 aromatic carbocycles. The molecule has 0 fully saturated rings. The molecule has 0 aliphatic carbocycles. The van der Waals surface area contributed by atoms with Crippen LogP contribution in [-0.4, -0.2) is 22.7 Å². The number of aromatic nitrogens is 1. The van der Waals surface area contributed by atoms with Gasteiger partial charge in [0.15, 0.2) is 5.13 Å². The van der Waals surface area contributed by atoms with Crippen LogP contribution in [0.2, 0.25) is 0 Å². The van der Waals surface area contributed by atoms with Crippen LogP contribution >= 0.6 is 11.3 Å². The van der Waals surface area contributed by atoms with Gasteiger partial charge in [0.1, 0.15) is 17.1 Å². The number of rotatable bonds is 4. The van der Waals surface area contributed by atoms with Crippen LogP contribution in [0.4, 0.5) is 9.93 Å². The average molecular weight is 309 g/mol. The van der Waals surface area contributed by atoms with Crippen LogP contribution in [0.25, 0.3) is 0 Å². The summed E-state index contributed by atoms with van der Waals surface area (Å²) in [5.41, 5.74) is -0.525. The fourth-order valence-electron chi connectivity index (χ4n) is 2.07. The first-order valence-electron chi connectivity index (χ1n) is 6.55. The van der Waals surface area contributed by atoms with Gasteiger partial charge in [0, 0.05) is 16.6 Å². The van der Waals surface area contributed by atoms with Crippen LogP contribution in [-0.2, 0) is 5.60 Å². The number of hydrogen-bond donors (Lipinski definition) is 3. The third-order valence-electron chi connectivity index (χ3n) is 3.06. The molecule has 1 atom stereocenters. The second-order valence-corrected chi connectivity index (χ2v) is 6.42. The Balaban J connectivity index is 1.95. The quantitative estimate of drug-likeness (QED) is 0.810. The summed E-state index contributed by atoms with van der Waals surface area (Å²) in [4.78, 5) is 16.9. The molecule has 2 aromatic rings. The van der Waals surface area contributed by atoms with Crippen molar-refractivity contribution in [2.75, 3.05) is 11.9 Å². The average Bonchev–Trinajstić information content (AvgIpc) is 2.93. The Bertz CT molecular complexity index is 646. The van der Waals surface area contributed by atoms with Crippen LogP contribution in [0.3, 0.4) is 0 Å². The second-order valence-electron chi connectivity index (χ2n) is 5.18. The number of nitrogens with zero attached hydrogens (tertiary/aromatic N) is 1. The minimum atomic E-state index is -1.20. The highest BCUT2D eigenvalue weighted by molar-refractivity contribution is 7.15. The summed E-state index contributed by atoms with van der Waals surface area (Å²) in [5.74, 6) is 1.38. The molecular formula is C14H19N3O3S. The van der Waals surface area contributed by atoms with Gasteiger partial charge in [-0.05, 0) is 33.8 Å². The molecule has 0 bridgehead atoms. The van der Waals surface area contributed by atoms with Gasteiger partial charge in [-0.3, -0.25) is 5.32 Å². The summed E-state index contributed by atoms with van der Waals surface area (Å²) in [6, 6.07) is 1.38. The van der Waals surface area contributed by atoms with Crippen LogP contribution in [0, 0.1) is 20.8 Å². The number of urea groups is 1. The predicted molar refractivity (Wildman–Crippen MR) is 81.6 cm³/mol. The van der Waals surface area contributed by atoms with Gasteiger partial charge in [-0.1, -0.05) is 0 Å². The SMILES string of the molecule is Cc1cc([C@@](C)(O)CNC(=O)Nc2ncc(C)s2)c(C)o1. The molecule has 2 heterocycles. The minimum absolute atomic E-state index is 0.0724. The maximum atomic E-state index is 11.8. The maximum absolute atomic E-state index is 11.8. The molecule has 3 N–H and O–H groups in total. The van der Waals surface area contributed by atoms with Gasteiger partial charge < -0.3 is 14.8 Å². The number of aryl methyl sites for hydroxylation is 3. The molecule has 2 rings (SSSR count). The molecule has 7 heteroatoms. The Morgan fingerprint density at radius 2 is 2.19 bits per heavy atom. The van der Waals surface area contributed by atoms with Crippen molar-refractivity contribution in [2.24, 2.45) is 0 Å². The first kappa shape index (κ1) is 15.5. The van der Waals surface area contributed by atoms with Gasteiger partial charge in [-0.15, -0.1) is 11.3 Å². The van der Waals surface area contributed by atoms with Crippen molar-refractivity contribution in [3.8, 4) is 0 Å². The van der Waals surface area contributed by atoms with Gasteiger partial charge in [-0.2, -0.15) is 0 Å². The Labute approximate surface area is 127 Å². The normalized spacial score (nSPS) is 13.8. The van der Waals surface area contributed by atoms with Gasteiger partial charge in [0.2, 0.25) is 0 Å². The lowest BCUT2D eigenvalue weighted by atomic mass is 9.96. The summed E-state index contributed by atoms with van der Waals surface area (Å²) in [6.45, 7) is 7.23. The summed E-state index contributed by atoms with van der Waals surface area (Å²) in [7, 11) is 0. The standard InChI is InChI=1S/C14H19N3O3S/c1-8-5-11(10(3)20-8)14(4,19)7-16-12(18)17-13-15-6-9(2)21-13/h5-6,19H,7H2,1-4H3,(H2,15,16,17,18)/t14-/m0/s1. The number of aliphatic hydroxyl groups is 1. The smallest absolute Gasteiger partial charge is 0.321 e. The van der Waals surface area contributed by atoms with E-state index in [2.05, 4.69) is 15.6 Å². The summed E-state index contributed by atoms with van der Waals surface area (Å²) in [6.07, 6.45) is 1.69. The first-order chi connectivity index (χ1) is 9.78. The number of carbonyl (C=O) groups is 1. The molecule has 0 saturated carbocycles. The number of nitrogens with one attached hydrogen (secondary N) is 2. The van der Waals surface area contributed by atoms with Crippen molar-refractivity contribution < 1.29 is 14.3 Å². The van der Waals surface area contributed by atoms with Crippen molar-refractivity contribution >= 4 is 22.5 Å². The van der Waals surface area contributed by atoms with E-state index in [9.17, 15) is 9.90 Å². The minimum Gasteiger partial charge on any atom is -0.466 e. The summed E-state index contributed by atoms with van der Waals surface area (Å²) in [5, 5.41) is 16.3. The van der Waals surface area contributed by atoms with Crippen molar-refractivity contribution in [2.45, 2.75) is 33.3 Å². The zero-order chi connectivity index (χ0) is 15.6. The van der Waals surface area contributed by atoms with Crippen molar-refractivity contribution in [3.63, 3.8) is 0 Å². The van der Waals surface area contributed by atoms with Gasteiger partial charge >= 0.3 is 6.03 Å². The van der Waals surface area contributed by atoms with E-state index < -0.39 is 11.6 Å². The first-order valence-corrected chi connectivity index (χ1v) is 7.37. The number of anilines is 1. The van der Waals surface area contributed by atoms with Crippen molar-refractivity contribution in [1.29, 1.82) is 0 Å². The lowest BCUT2D eigenvalue weighted by molar-refractivity contribution is 0.0584. The number of carbonyl (C=O) groups excluding carboxylic acids is 1. The predicted octanol–water partition coefficient (Wildman–Crippen LogP) is 2.69. The molecule has 0 saturated heterocycles. The monoisotopic (exact) mass is 309 g/mol. The molecule has 0 radical (unpaired) electrons. The number of hydrogen-bond acceptors (Lipinski definition) is 5. The van der Waals surface area contributed by atoms with Crippen molar-refractivity contribution in [1.82, 2.24) is 10.3 Å². The van der Waals surface area contributed by atoms with E-state index in [0.717, 1.165) is 10.6 Å². The topological polar surface area (TPSA) is 87.4 Å². The Morgan fingerprint density at radius 1 is 1.48 bits per heavy atom. The second kappa shape index (κ2) is 5.87. The molecule has 0 aliphatic rings. The molecule has 114 valence electrons. The van der Waals surface area contributed by atoms with E-state index >= 15 is 0 Å². The van der Waals surface area contributed by atoms with Crippen LogP contribution in [0.15, 0.2) is 16.7 Å². The molecular weight excluding hydrogens is 290 g/mol. The number of amides is 2. The molecule has 0 unspecified atom stereocenters. The third kappa shape index (κ3) is 3.83. The summed E-state index contributed by atoms with van der Waals surface area (Å²) >= 11 is 1.39. The Morgan fingerprint density at radius 3 is 2.71 bits per heavy atom. The van der Waals surface area contributed by atoms with Crippen LogP contribution in [0.5, 0.6) is 0 Å². The van der Waals surface area contributed by atoms with E-state index in [1.807, 2.05) is 13.8 Å². The van der Waals surface area contributed by atoms with Crippen molar-refractivity contribution in [3.05, 3.63) is 34.2 Å². The molecule has 6 nitrogen and oxygen atoms in total. The molecule has 0 aliphatic heterocycles. The Hall–Kier alpha value is -1.86. The molecule has 2 aromatic heterocycles. The van der Waals surface area contributed by atoms with Gasteiger partial charge in [0.25, 0.3) is 0 Å². The highest BCUT2D eigenvalue weighted by Crippen LogP contribution is 2.26. The van der Waals surface area contributed by atoms with Gasteiger partial charge in [0.05, 0.1) is 6.54 Å². The largest absolute Gasteiger partial charge is 0.466 e. The highest BCUT2D eigenvalue weighted by Gasteiger charge is 2.28. The van der Waals surface area contributed by atoms with Crippen LogP contribution in [0.1, 0.15) is 28.9 Å². The number of thiazole rings is 1. The van der Waals surface area contributed by atoms with E-state index in [4.69, 9.17) is 4.42 Å². The van der Waals surface area contributed by atoms with Gasteiger partial charge in [-0.25, -0.2) is 9.78 Å². The zero-order valence-corrected chi connectivity index (χ0v) is 13.3. The fourth-order valence-corrected chi connectivity index (χ4v) is 2.73. The number of furan rings is 1. The third-order valence-corrected chi connectivity index (χ3v) is 3.88. The lowest BCUT2D eigenvalue weighted by Gasteiger charge is -2.23. The zero-order valence-electron chi connectivity index (χ0n) is 12.5. The molecule has 2 amide bonds. The Kier molecular flexibility index (Phi) is 4.34. The fraction of sp³-hybridized carbons (Fsp3) is 0.429. The van der Waals surface area contributed by atoms with Crippen LogP contribution < -0.4 is 10.6 Å². The molecule has 21 heavy (non-hydrogen) atoms. The summed E-state index contributed by atoms with van der Waals surface area (Å²) < 4.78 is 5.41. The van der Waals surface area contributed by atoms with E-state index in [-0.39, 0.29) is 6.54 Å². The maximum Gasteiger partial charge on any atom is 0.321 e. The van der Waals surface area contributed by atoms with E-state index in [0.29, 0.717) is 16.5 Å².